The van der Waals surface area contributed by atoms with Crippen molar-refractivity contribution in [3.8, 4) is 0 Å². The highest BCUT2D eigenvalue weighted by molar-refractivity contribution is 5.01. The zero-order chi connectivity index (χ0) is 22.6. The molecule has 0 amide bonds. The van der Waals surface area contributed by atoms with E-state index in [1.165, 1.54) is 102 Å². The summed E-state index contributed by atoms with van der Waals surface area (Å²) in [4.78, 5) is 0. The van der Waals surface area contributed by atoms with Crippen LogP contribution in [0.3, 0.4) is 0 Å². The summed E-state index contributed by atoms with van der Waals surface area (Å²) in [7, 11) is 0. The minimum absolute atomic E-state index is 0.227. The number of hydrogen-bond donors (Lipinski definition) is 1. The van der Waals surface area contributed by atoms with Crippen LogP contribution in [-0.2, 0) is 0 Å². The number of aliphatic hydroxyl groups is 1. The molecule has 180 valence electrons. The van der Waals surface area contributed by atoms with Gasteiger partial charge in [-0.2, -0.15) is 0 Å². The van der Waals surface area contributed by atoms with Crippen molar-refractivity contribution in [2.75, 3.05) is 0 Å². The summed E-state index contributed by atoms with van der Waals surface area (Å²) in [5.74, 6) is 2.61. The molecule has 0 spiro atoms. The van der Waals surface area contributed by atoms with E-state index in [0.717, 1.165) is 30.6 Å². The Labute approximate surface area is 191 Å². The van der Waals surface area contributed by atoms with E-state index >= 15 is 0 Å². The molecule has 0 heterocycles. The Hall–Kier alpha value is -0.300. The lowest BCUT2D eigenvalue weighted by Gasteiger charge is -2.15. The summed E-state index contributed by atoms with van der Waals surface area (Å²) in [6.45, 7) is 14.0. The van der Waals surface area contributed by atoms with Crippen LogP contribution in [0.2, 0.25) is 0 Å². The van der Waals surface area contributed by atoms with Crippen molar-refractivity contribution in [1.29, 1.82) is 0 Å². The predicted molar refractivity (Wildman–Crippen MR) is 137 cm³/mol. The van der Waals surface area contributed by atoms with Crippen LogP contribution in [0.4, 0.5) is 0 Å². The van der Waals surface area contributed by atoms with Crippen LogP contribution >= 0.6 is 0 Å². The lowest BCUT2D eigenvalue weighted by atomic mass is 9.91. The van der Waals surface area contributed by atoms with Crippen LogP contribution in [0.15, 0.2) is 11.6 Å². The average molecular weight is 423 g/mol. The fourth-order valence-corrected chi connectivity index (χ4v) is 4.51. The first-order chi connectivity index (χ1) is 14.3. The van der Waals surface area contributed by atoms with Crippen LogP contribution in [0, 0.1) is 17.8 Å². The second-order valence-electron chi connectivity index (χ2n) is 10.8. The molecule has 1 nitrogen and oxygen atoms in total. The molecule has 0 aliphatic carbocycles. The van der Waals surface area contributed by atoms with Crippen LogP contribution in [-0.4, -0.2) is 11.2 Å². The molecule has 0 rings (SSSR count). The summed E-state index contributed by atoms with van der Waals surface area (Å²) in [5, 5.41) is 10.3. The third-order valence-corrected chi connectivity index (χ3v) is 6.72. The lowest BCUT2D eigenvalue weighted by molar-refractivity contribution is 0.206. The van der Waals surface area contributed by atoms with E-state index in [9.17, 15) is 5.11 Å². The topological polar surface area (TPSA) is 20.2 Å². The Morgan fingerprint density at radius 3 is 1.70 bits per heavy atom. The van der Waals surface area contributed by atoms with Crippen molar-refractivity contribution in [3.05, 3.63) is 11.6 Å². The second-order valence-corrected chi connectivity index (χ2v) is 10.8. The van der Waals surface area contributed by atoms with Crippen molar-refractivity contribution in [3.63, 3.8) is 0 Å². The van der Waals surface area contributed by atoms with E-state index in [0.29, 0.717) is 0 Å². The standard InChI is InChI=1S/C29H58O/c1-7-8-9-10-11-12-13-23-29(30)24-28(6)22-16-21-27(5)20-15-19-26(4)18-14-17-25(2)3/h24-27,29-30H,7-23H2,1-6H3. The molecule has 0 aromatic carbocycles. The molecule has 3 atom stereocenters. The molecule has 0 bridgehead atoms. The number of unbranched alkanes of at least 4 members (excludes halogenated alkanes) is 6. The molecular weight excluding hydrogens is 364 g/mol. The molecule has 30 heavy (non-hydrogen) atoms. The first kappa shape index (κ1) is 29.7. The van der Waals surface area contributed by atoms with Crippen LogP contribution in [0.5, 0.6) is 0 Å². The van der Waals surface area contributed by atoms with Crippen LogP contribution in [0.25, 0.3) is 0 Å². The molecule has 0 aromatic heterocycles. The molecule has 0 aliphatic rings. The van der Waals surface area contributed by atoms with E-state index < -0.39 is 0 Å². The van der Waals surface area contributed by atoms with Gasteiger partial charge in [-0.05, 0) is 43.9 Å². The summed E-state index contributed by atoms with van der Waals surface area (Å²) < 4.78 is 0. The number of aliphatic hydroxyl groups excluding tert-OH is 1. The second kappa shape index (κ2) is 20.6. The fraction of sp³-hybridized carbons (Fsp3) is 0.931. The van der Waals surface area contributed by atoms with Gasteiger partial charge in [0.05, 0.1) is 6.10 Å². The number of allylic oxidation sites excluding steroid dienone is 1. The SMILES string of the molecule is CCCCCCCCCC(O)C=C(C)CCCC(C)CCCC(C)CCCC(C)C. The first-order valence-corrected chi connectivity index (χ1v) is 13.7. The molecule has 3 unspecified atom stereocenters. The Balaban J connectivity index is 3.69. The third-order valence-electron chi connectivity index (χ3n) is 6.72. The normalized spacial score (nSPS) is 15.5. The Morgan fingerprint density at radius 1 is 0.633 bits per heavy atom. The highest BCUT2D eigenvalue weighted by atomic mass is 16.3. The monoisotopic (exact) mass is 422 g/mol. The highest BCUT2D eigenvalue weighted by Gasteiger charge is 2.07. The molecule has 1 heteroatoms. The molecule has 0 aliphatic heterocycles. The van der Waals surface area contributed by atoms with Gasteiger partial charge in [-0.25, -0.2) is 0 Å². The fourth-order valence-electron chi connectivity index (χ4n) is 4.51. The number of rotatable bonds is 21. The van der Waals surface area contributed by atoms with Crippen molar-refractivity contribution in [2.45, 2.75) is 157 Å². The quantitative estimate of drug-likeness (QED) is 0.144. The number of hydrogen-bond acceptors (Lipinski definition) is 1. The van der Waals surface area contributed by atoms with Gasteiger partial charge < -0.3 is 5.11 Å². The minimum Gasteiger partial charge on any atom is -0.389 e. The van der Waals surface area contributed by atoms with Gasteiger partial charge in [0.2, 0.25) is 0 Å². The zero-order valence-corrected chi connectivity index (χ0v) is 21.9. The summed E-state index contributed by atoms with van der Waals surface area (Å²) in [6, 6.07) is 0. The molecule has 0 fully saturated rings. The Morgan fingerprint density at radius 2 is 1.13 bits per heavy atom. The predicted octanol–water partition coefficient (Wildman–Crippen LogP) is 9.87. The lowest BCUT2D eigenvalue weighted by Crippen LogP contribution is -2.03. The van der Waals surface area contributed by atoms with E-state index in [2.05, 4.69) is 47.6 Å². The van der Waals surface area contributed by atoms with Crippen molar-refractivity contribution in [2.24, 2.45) is 17.8 Å². The summed E-state index contributed by atoms with van der Waals surface area (Å²) >= 11 is 0. The van der Waals surface area contributed by atoms with Gasteiger partial charge in [-0.1, -0.05) is 136 Å². The molecule has 0 radical (unpaired) electrons. The van der Waals surface area contributed by atoms with E-state index in [-0.39, 0.29) is 6.10 Å². The van der Waals surface area contributed by atoms with Gasteiger partial charge in [0.15, 0.2) is 0 Å². The highest BCUT2D eigenvalue weighted by Crippen LogP contribution is 2.22. The van der Waals surface area contributed by atoms with E-state index in [1.54, 1.807) is 0 Å². The van der Waals surface area contributed by atoms with Crippen LogP contribution in [0.1, 0.15) is 151 Å². The summed E-state index contributed by atoms with van der Waals surface area (Å²) in [6.07, 6.45) is 24.2. The average Bonchev–Trinajstić information content (AvgIpc) is 2.67. The molecular formula is C29H58O. The Bertz CT molecular complexity index is 384. The minimum atomic E-state index is -0.227. The van der Waals surface area contributed by atoms with Gasteiger partial charge >= 0.3 is 0 Å². The van der Waals surface area contributed by atoms with Gasteiger partial charge in [-0.3, -0.25) is 0 Å². The van der Waals surface area contributed by atoms with Crippen molar-refractivity contribution >= 4 is 0 Å². The van der Waals surface area contributed by atoms with Gasteiger partial charge in [0.25, 0.3) is 0 Å². The maximum atomic E-state index is 10.3. The smallest absolute Gasteiger partial charge is 0.0723 e. The van der Waals surface area contributed by atoms with Gasteiger partial charge in [-0.15, -0.1) is 0 Å². The molecule has 0 saturated heterocycles. The van der Waals surface area contributed by atoms with Crippen LogP contribution < -0.4 is 0 Å². The first-order valence-electron chi connectivity index (χ1n) is 13.7. The molecule has 1 N–H and O–H groups in total. The van der Waals surface area contributed by atoms with Gasteiger partial charge in [0, 0.05) is 0 Å². The van der Waals surface area contributed by atoms with E-state index in [4.69, 9.17) is 0 Å². The van der Waals surface area contributed by atoms with E-state index in [1.807, 2.05) is 0 Å². The zero-order valence-electron chi connectivity index (χ0n) is 21.9. The van der Waals surface area contributed by atoms with Crippen molar-refractivity contribution in [1.82, 2.24) is 0 Å². The molecule has 0 saturated carbocycles. The molecule has 0 aromatic rings. The maximum absolute atomic E-state index is 10.3. The maximum Gasteiger partial charge on any atom is 0.0723 e. The largest absolute Gasteiger partial charge is 0.389 e. The van der Waals surface area contributed by atoms with Crippen molar-refractivity contribution < 1.29 is 5.11 Å². The third kappa shape index (κ3) is 21.0. The Kier molecular flexibility index (Phi) is 20.4. The summed E-state index contributed by atoms with van der Waals surface area (Å²) in [5.41, 5.74) is 1.39. The van der Waals surface area contributed by atoms with Gasteiger partial charge in [0.1, 0.15) is 0 Å².